The number of carbonyl (C=O) groups excluding carboxylic acids is 1. The van der Waals surface area contributed by atoms with Crippen molar-refractivity contribution in [1.82, 2.24) is 0 Å². The highest BCUT2D eigenvalue weighted by Crippen LogP contribution is 2.46. The minimum Gasteiger partial charge on any atom is -0.396 e. The normalized spacial score (nSPS) is 19.8. The molecule has 2 fully saturated rings. The van der Waals surface area contributed by atoms with Crippen molar-refractivity contribution in [2.45, 2.75) is 32.6 Å². The third-order valence-electron chi connectivity index (χ3n) is 4.01. The number of nitriles is 1. The van der Waals surface area contributed by atoms with Crippen LogP contribution in [-0.4, -0.2) is 12.3 Å². The lowest BCUT2D eigenvalue weighted by Crippen LogP contribution is -2.11. The fourth-order valence-corrected chi connectivity index (χ4v) is 3.16. The van der Waals surface area contributed by atoms with Crippen LogP contribution in [0.15, 0.2) is 0 Å². The van der Waals surface area contributed by atoms with Gasteiger partial charge in [-0.05, 0) is 31.1 Å². The fourth-order valence-electron chi connectivity index (χ4n) is 2.08. The van der Waals surface area contributed by atoms with Gasteiger partial charge < -0.3 is 11.1 Å². The van der Waals surface area contributed by atoms with E-state index in [1.54, 1.807) is 0 Å². The molecule has 2 aliphatic carbocycles. The number of Topliss-reactive ketones (excluding diaryl/α,β-unsaturated/α-hetero) is 1. The zero-order valence-electron chi connectivity index (χ0n) is 11.0. The quantitative estimate of drug-likeness (QED) is 0.810. The molecule has 1 aromatic heterocycles. The predicted molar refractivity (Wildman–Crippen MR) is 76.3 cm³/mol. The van der Waals surface area contributed by atoms with E-state index in [-0.39, 0.29) is 11.7 Å². The summed E-state index contributed by atoms with van der Waals surface area (Å²) in [6, 6.07) is 2.13. The lowest BCUT2D eigenvalue weighted by atomic mass is 10.1. The molecule has 3 rings (SSSR count). The van der Waals surface area contributed by atoms with Gasteiger partial charge in [0.2, 0.25) is 0 Å². The molecule has 0 aliphatic heterocycles. The number of nitrogens with zero attached hydrogens (tertiary/aromatic N) is 1. The second-order valence-corrected chi connectivity index (χ2v) is 6.98. The second kappa shape index (κ2) is 4.24. The van der Waals surface area contributed by atoms with Gasteiger partial charge in [0.25, 0.3) is 0 Å². The lowest BCUT2D eigenvalue weighted by Gasteiger charge is -2.09. The van der Waals surface area contributed by atoms with Crippen LogP contribution < -0.4 is 11.1 Å². The van der Waals surface area contributed by atoms with Crippen molar-refractivity contribution in [2.75, 3.05) is 17.6 Å². The smallest absolute Gasteiger partial charge is 0.178 e. The fraction of sp³-hybridized carbons (Fsp3) is 0.571. The van der Waals surface area contributed by atoms with E-state index in [4.69, 9.17) is 5.73 Å². The van der Waals surface area contributed by atoms with Crippen molar-refractivity contribution >= 4 is 27.8 Å². The second-order valence-electron chi connectivity index (χ2n) is 5.96. The minimum absolute atomic E-state index is 0.115. The summed E-state index contributed by atoms with van der Waals surface area (Å²) >= 11 is 1.35. The van der Waals surface area contributed by atoms with E-state index >= 15 is 0 Å². The molecule has 2 aliphatic rings. The van der Waals surface area contributed by atoms with Gasteiger partial charge in [-0.15, -0.1) is 11.3 Å². The van der Waals surface area contributed by atoms with Crippen LogP contribution in [0.25, 0.3) is 0 Å². The molecule has 0 radical (unpaired) electrons. The third-order valence-corrected chi connectivity index (χ3v) is 5.19. The summed E-state index contributed by atoms with van der Waals surface area (Å²) < 4.78 is 0. The molecule has 0 aromatic carbocycles. The van der Waals surface area contributed by atoms with E-state index in [1.165, 1.54) is 24.2 Å². The molecule has 0 saturated heterocycles. The van der Waals surface area contributed by atoms with Crippen LogP contribution in [-0.2, 0) is 0 Å². The van der Waals surface area contributed by atoms with E-state index in [0.29, 0.717) is 21.5 Å². The molecule has 1 heterocycles. The van der Waals surface area contributed by atoms with Crippen LogP contribution in [0, 0.1) is 22.7 Å². The van der Waals surface area contributed by atoms with Crippen molar-refractivity contribution in [2.24, 2.45) is 11.3 Å². The SMILES string of the molecule is CC1(CNc2sc(C(=O)C3CC3)c(N)c2C#N)CC1. The molecule has 0 unspecified atom stereocenters. The van der Waals surface area contributed by atoms with Gasteiger partial charge in [0.05, 0.1) is 10.6 Å². The summed E-state index contributed by atoms with van der Waals surface area (Å²) in [5.74, 6) is 0.256. The Morgan fingerprint density at radius 2 is 2.26 bits per heavy atom. The largest absolute Gasteiger partial charge is 0.396 e. The lowest BCUT2D eigenvalue weighted by molar-refractivity contribution is 0.0972. The summed E-state index contributed by atoms with van der Waals surface area (Å²) in [4.78, 5) is 12.7. The molecule has 0 bridgehead atoms. The Hall–Kier alpha value is -1.54. The van der Waals surface area contributed by atoms with Gasteiger partial charge in [0, 0.05) is 12.5 Å². The predicted octanol–water partition coefficient (Wildman–Crippen LogP) is 3.01. The van der Waals surface area contributed by atoms with Crippen molar-refractivity contribution in [3.8, 4) is 6.07 Å². The summed E-state index contributed by atoms with van der Waals surface area (Å²) in [6.45, 7) is 3.07. The topological polar surface area (TPSA) is 78.9 Å². The van der Waals surface area contributed by atoms with E-state index in [1.807, 2.05) is 0 Å². The van der Waals surface area contributed by atoms with Gasteiger partial charge in [-0.25, -0.2) is 0 Å². The minimum atomic E-state index is 0.115. The van der Waals surface area contributed by atoms with Gasteiger partial charge in [-0.1, -0.05) is 6.92 Å². The van der Waals surface area contributed by atoms with E-state index in [0.717, 1.165) is 24.4 Å². The van der Waals surface area contributed by atoms with Crippen LogP contribution in [0.2, 0.25) is 0 Å². The van der Waals surface area contributed by atoms with E-state index < -0.39 is 0 Å². The monoisotopic (exact) mass is 275 g/mol. The number of rotatable bonds is 5. The highest BCUT2D eigenvalue weighted by atomic mass is 32.1. The van der Waals surface area contributed by atoms with Crippen LogP contribution in [0.4, 0.5) is 10.7 Å². The Labute approximate surface area is 116 Å². The molecule has 0 amide bonds. The van der Waals surface area contributed by atoms with Crippen LogP contribution in [0.3, 0.4) is 0 Å². The molecule has 19 heavy (non-hydrogen) atoms. The maximum absolute atomic E-state index is 12.1. The highest BCUT2D eigenvalue weighted by Gasteiger charge is 2.38. The molecule has 4 nitrogen and oxygen atoms in total. The Balaban J connectivity index is 1.84. The highest BCUT2D eigenvalue weighted by molar-refractivity contribution is 7.19. The maximum Gasteiger partial charge on any atom is 0.178 e. The number of carbonyl (C=O) groups is 1. The average Bonchev–Trinajstić information content (AvgIpc) is 3.28. The number of thiophene rings is 1. The van der Waals surface area contributed by atoms with Gasteiger partial charge in [0.1, 0.15) is 16.6 Å². The van der Waals surface area contributed by atoms with Crippen molar-refractivity contribution in [3.05, 3.63) is 10.4 Å². The number of hydrogen-bond donors (Lipinski definition) is 2. The first-order valence-electron chi connectivity index (χ1n) is 6.64. The molecule has 3 N–H and O–H groups in total. The van der Waals surface area contributed by atoms with Crippen LogP contribution >= 0.6 is 11.3 Å². The van der Waals surface area contributed by atoms with Gasteiger partial charge in [-0.3, -0.25) is 4.79 Å². The first kappa shape index (κ1) is 12.5. The number of hydrogen-bond acceptors (Lipinski definition) is 5. The Kier molecular flexibility index (Phi) is 2.79. The summed E-state index contributed by atoms with van der Waals surface area (Å²) in [5, 5.41) is 13.3. The maximum atomic E-state index is 12.1. The summed E-state index contributed by atoms with van der Waals surface area (Å²) in [7, 11) is 0. The van der Waals surface area contributed by atoms with Gasteiger partial charge in [-0.2, -0.15) is 5.26 Å². The van der Waals surface area contributed by atoms with Crippen molar-refractivity contribution in [1.29, 1.82) is 5.26 Å². The molecular weight excluding hydrogens is 258 g/mol. The molecule has 5 heteroatoms. The molecule has 100 valence electrons. The Morgan fingerprint density at radius 1 is 1.58 bits per heavy atom. The van der Waals surface area contributed by atoms with E-state index in [2.05, 4.69) is 18.3 Å². The molecule has 2 saturated carbocycles. The average molecular weight is 275 g/mol. The number of ketones is 1. The standard InChI is InChI=1S/C14H17N3OS/c1-14(4-5-14)7-17-13-9(6-15)10(16)12(19-13)11(18)8-2-3-8/h8,17H,2-5,7,16H2,1H3. The number of nitrogen functional groups attached to an aromatic ring is 1. The summed E-state index contributed by atoms with van der Waals surface area (Å²) in [5.41, 5.74) is 7.13. The number of nitrogens with two attached hydrogens (primary N) is 1. The van der Waals surface area contributed by atoms with Gasteiger partial charge in [0.15, 0.2) is 5.78 Å². The first-order valence-corrected chi connectivity index (χ1v) is 7.46. The van der Waals surface area contributed by atoms with Crippen LogP contribution in [0.5, 0.6) is 0 Å². The molecule has 0 spiro atoms. The Bertz CT molecular complexity index is 576. The third kappa shape index (κ3) is 2.33. The zero-order valence-corrected chi connectivity index (χ0v) is 11.8. The number of nitrogens with one attached hydrogen (secondary N) is 1. The van der Waals surface area contributed by atoms with E-state index in [9.17, 15) is 10.1 Å². The molecular formula is C14H17N3OS. The van der Waals surface area contributed by atoms with Crippen molar-refractivity contribution in [3.63, 3.8) is 0 Å². The Morgan fingerprint density at radius 3 is 2.79 bits per heavy atom. The molecule has 0 atom stereocenters. The van der Waals surface area contributed by atoms with Gasteiger partial charge >= 0.3 is 0 Å². The van der Waals surface area contributed by atoms with Crippen molar-refractivity contribution < 1.29 is 4.79 Å². The molecule has 1 aromatic rings. The zero-order chi connectivity index (χ0) is 13.6. The van der Waals surface area contributed by atoms with Crippen LogP contribution in [0.1, 0.15) is 47.8 Å². The summed E-state index contributed by atoms with van der Waals surface area (Å²) in [6.07, 6.45) is 4.35. The first-order chi connectivity index (χ1) is 9.04. The number of anilines is 2.